The molecule has 132 valence electrons. The molecular formula is C20H23NO4. The van der Waals surface area contributed by atoms with Crippen LogP contribution in [0.4, 0.5) is 0 Å². The lowest BCUT2D eigenvalue weighted by molar-refractivity contribution is -0.141. The number of aliphatic hydroxyl groups is 1. The summed E-state index contributed by atoms with van der Waals surface area (Å²) in [6, 6.07) is 7.55. The van der Waals surface area contributed by atoms with Crippen molar-refractivity contribution in [1.82, 2.24) is 4.90 Å². The Kier molecular flexibility index (Phi) is 5.34. The third-order valence-electron chi connectivity index (χ3n) is 4.76. The van der Waals surface area contributed by atoms with Gasteiger partial charge in [0.2, 0.25) is 11.8 Å². The lowest BCUT2D eigenvalue weighted by atomic mass is 9.85. The van der Waals surface area contributed by atoms with Gasteiger partial charge in [-0.2, -0.15) is 0 Å². The first-order valence-electron chi connectivity index (χ1n) is 8.61. The van der Waals surface area contributed by atoms with Crippen LogP contribution < -0.4 is 4.74 Å². The fourth-order valence-corrected chi connectivity index (χ4v) is 3.47. The van der Waals surface area contributed by atoms with Crippen molar-refractivity contribution >= 4 is 11.8 Å². The minimum absolute atomic E-state index is 0.0196. The molecular weight excluding hydrogens is 318 g/mol. The van der Waals surface area contributed by atoms with Crippen molar-refractivity contribution in [3.05, 3.63) is 54.6 Å². The fourth-order valence-electron chi connectivity index (χ4n) is 3.47. The van der Waals surface area contributed by atoms with Crippen LogP contribution in [0.25, 0.3) is 0 Å². The molecule has 25 heavy (non-hydrogen) atoms. The lowest BCUT2D eigenvalue weighted by Crippen LogP contribution is -2.40. The number of para-hydroxylation sites is 1. The van der Waals surface area contributed by atoms with Crippen molar-refractivity contribution in [3.8, 4) is 5.75 Å². The van der Waals surface area contributed by atoms with Crippen LogP contribution >= 0.6 is 0 Å². The number of rotatable bonds is 7. The average molecular weight is 341 g/mol. The molecule has 5 nitrogen and oxygen atoms in total. The number of carbonyl (C=O) groups is 2. The van der Waals surface area contributed by atoms with E-state index in [1.54, 1.807) is 6.08 Å². The summed E-state index contributed by atoms with van der Waals surface area (Å²) in [5.41, 5.74) is 0.982. The highest BCUT2D eigenvalue weighted by molar-refractivity contribution is 6.05. The number of ether oxygens (including phenoxy) is 1. The van der Waals surface area contributed by atoms with Gasteiger partial charge in [-0.15, -0.1) is 6.58 Å². The third kappa shape index (κ3) is 3.66. The predicted octanol–water partition coefficient (Wildman–Crippen LogP) is 2.11. The van der Waals surface area contributed by atoms with Crippen molar-refractivity contribution in [3.63, 3.8) is 0 Å². The van der Waals surface area contributed by atoms with Gasteiger partial charge in [-0.1, -0.05) is 36.4 Å². The van der Waals surface area contributed by atoms with Crippen molar-refractivity contribution in [2.75, 3.05) is 13.2 Å². The maximum absolute atomic E-state index is 12.4. The number of hydrogen-bond donors (Lipinski definition) is 1. The second-order valence-electron chi connectivity index (χ2n) is 6.51. The van der Waals surface area contributed by atoms with Gasteiger partial charge in [0, 0.05) is 0 Å². The van der Waals surface area contributed by atoms with Crippen LogP contribution in [0.3, 0.4) is 0 Å². The lowest BCUT2D eigenvalue weighted by Gasteiger charge is -2.20. The first-order valence-corrected chi connectivity index (χ1v) is 8.61. The number of likely N-dealkylation sites (tertiary alicyclic amines) is 1. The summed E-state index contributed by atoms with van der Waals surface area (Å²) >= 11 is 0. The molecule has 1 saturated heterocycles. The van der Waals surface area contributed by atoms with E-state index in [-0.39, 0.29) is 36.8 Å². The molecule has 2 aliphatic rings. The van der Waals surface area contributed by atoms with Crippen molar-refractivity contribution in [2.24, 2.45) is 11.8 Å². The number of nitrogens with zero attached hydrogens (tertiary/aromatic N) is 1. The number of allylic oxidation sites excluding steroid dienone is 3. The number of carbonyl (C=O) groups excluding carboxylic acids is 2. The van der Waals surface area contributed by atoms with E-state index in [4.69, 9.17) is 4.74 Å². The molecule has 0 aromatic heterocycles. The van der Waals surface area contributed by atoms with Crippen LogP contribution in [0.1, 0.15) is 18.4 Å². The summed E-state index contributed by atoms with van der Waals surface area (Å²) in [6.07, 6.45) is 6.65. The molecule has 0 spiro atoms. The SMILES string of the molecule is C=CCc1ccccc1OCC(O)CN1C(=O)C2CC=CCC2C1=O. The molecule has 1 heterocycles. The molecule has 1 aliphatic heterocycles. The number of fused-ring (bicyclic) bond motifs is 1. The summed E-state index contributed by atoms with van der Waals surface area (Å²) in [6.45, 7) is 3.73. The molecule has 1 aliphatic carbocycles. The molecule has 1 aromatic carbocycles. The minimum atomic E-state index is -0.919. The second kappa shape index (κ2) is 7.66. The van der Waals surface area contributed by atoms with Crippen LogP contribution in [0.5, 0.6) is 5.75 Å². The molecule has 1 fully saturated rings. The maximum atomic E-state index is 12.4. The van der Waals surface area contributed by atoms with Gasteiger partial charge in [0.25, 0.3) is 0 Å². The second-order valence-corrected chi connectivity index (χ2v) is 6.51. The van der Waals surface area contributed by atoms with Crippen LogP contribution in [-0.4, -0.2) is 41.1 Å². The highest BCUT2D eigenvalue weighted by atomic mass is 16.5. The van der Waals surface area contributed by atoms with E-state index in [1.807, 2.05) is 36.4 Å². The minimum Gasteiger partial charge on any atom is -0.491 e. The Morgan fingerprint density at radius 1 is 1.20 bits per heavy atom. The standard InChI is InChI=1S/C20H23NO4/c1-2-7-14-8-3-6-11-18(14)25-13-15(22)12-21-19(23)16-9-4-5-10-17(16)20(21)24/h2-6,8,11,15-17,22H,1,7,9-10,12-13H2. The molecule has 3 atom stereocenters. The molecule has 0 radical (unpaired) electrons. The number of β-amino-alcohol motifs (C(OH)–C–C–N with tert-alkyl or cyclic N) is 1. The van der Waals surface area contributed by atoms with Crippen LogP contribution in [0, 0.1) is 11.8 Å². The van der Waals surface area contributed by atoms with Gasteiger partial charge in [-0.3, -0.25) is 14.5 Å². The Morgan fingerprint density at radius 3 is 2.48 bits per heavy atom. The Hall–Kier alpha value is -2.40. The average Bonchev–Trinajstić information content (AvgIpc) is 2.87. The normalized spacial score (nSPS) is 23.5. The van der Waals surface area contributed by atoms with E-state index < -0.39 is 6.10 Å². The zero-order chi connectivity index (χ0) is 17.8. The molecule has 1 aromatic rings. The van der Waals surface area contributed by atoms with Gasteiger partial charge < -0.3 is 9.84 Å². The summed E-state index contributed by atoms with van der Waals surface area (Å²) in [5.74, 6) is -0.202. The molecule has 3 rings (SSSR count). The number of imide groups is 1. The Morgan fingerprint density at radius 2 is 1.84 bits per heavy atom. The van der Waals surface area contributed by atoms with E-state index in [0.717, 1.165) is 5.56 Å². The number of hydrogen-bond acceptors (Lipinski definition) is 4. The summed E-state index contributed by atoms with van der Waals surface area (Å²) in [5, 5.41) is 10.3. The van der Waals surface area contributed by atoms with Gasteiger partial charge >= 0.3 is 0 Å². The molecule has 1 N–H and O–H groups in total. The maximum Gasteiger partial charge on any atom is 0.233 e. The topological polar surface area (TPSA) is 66.8 Å². The summed E-state index contributed by atoms with van der Waals surface area (Å²) in [4.78, 5) is 26.0. The van der Waals surface area contributed by atoms with E-state index >= 15 is 0 Å². The molecule has 0 saturated carbocycles. The smallest absolute Gasteiger partial charge is 0.233 e. The van der Waals surface area contributed by atoms with Gasteiger partial charge in [0.15, 0.2) is 0 Å². The first-order chi connectivity index (χ1) is 12.1. The number of aliphatic hydroxyl groups excluding tert-OH is 1. The molecule has 3 unspecified atom stereocenters. The van der Waals surface area contributed by atoms with E-state index in [0.29, 0.717) is 25.0 Å². The monoisotopic (exact) mass is 341 g/mol. The summed E-state index contributed by atoms with van der Waals surface area (Å²) < 4.78 is 5.69. The van der Waals surface area contributed by atoms with Crippen LogP contribution in [0.15, 0.2) is 49.1 Å². The van der Waals surface area contributed by atoms with Gasteiger partial charge in [-0.05, 0) is 30.9 Å². The van der Waals surface area contributed by atoms with Crippen molar-refractivity contribution in [1.29, 1.82) is 0 Å². The van der Waals surface area contributed by atoms with Crippen molar-refractivity contribution in [2.45, 2.75) is 25.4 Å². The summed E-state index contributed by atoms with van der Waals surface area (Å²) in [7, 11) is 0. The zero-order valence-electron chi connectivity index (χ0n) is 14.1. The quantitative estimate of drug-likeness (QED) is 0.609. The number of benzene rings is 1. The molecule has 2 amide bonds. The van der Waals surface area contributed by atoms with E-state index in [9.17, 15) is 14.7 Å². The Bertz CT molecular complexity index is 671. The Balaban J connectivity index is 1.58. The van der Waals surface area contributed by atoms with Gasteiger partial charge in [-0.25, -0.2) is 0 Å². The largest absolute Gasteiger partial charge is 0.491 e. The number of amides is 2. The predicted molar refractivity (Wildman–Crippen MR) is 93.9 cm³/mol. The van der Waals surface area contributed by atoms with Gasteiger partial charge in [0.1, 0.15) is 18.5 Å². The first kappa shape index (κ1) is 17.4. The highest BCUT2D eigenvalue weighted by Gasteiger charge is 2.47. The fraction of sp³-hybridized carbons (Fsp3) is 0.400. The van der Waals surface area contributed by atoms with Gasteiger partial charge in [0.05, 0.1) is 18.4 Å². The molecule has 5 heteroatoms. The zero-order valence-corrected chi connectivity index (χ0v) is 14.1. The third-order valence-corrected chi connectivity index (χ3v) is 4.76. The van der Waals surface area contributed by atoms with E-state index in [1.165, 1.54) is 4.90 Å². The van der Waals surface area contributed by atoms with Crippen LogP contribution in [-0.2, 0) is 16.0 Å². The van der Waals surface area contributed by atoms with E-state index in [2.05, 4.69) is 6.58 Å². The van der Waals surface area contributed by atoms with Crippen LogP contribution in [0.2, 0.25) is 0 Å². The Labute approximate surface area is 147 Å². The highest BCUT2D eigenvalue weighted by Crippen LogP contribution is 2.35. The molecule has 0 bridgehead atoms. The van der Waals surface area contributed by atoms with Crippen molar-refractivity contribution < 1.29 is 19.4 Å².